The van der Waals surface area contributed by atoms with Crippen LogP contribution in [0.5, 0.6) is 0 Å². The molecule has 0 amide bonds. The molecule has 0 bridgehead atoms. The van der Waals surface area contributed by atoms with Gasteiger partial charge in [0.05, 0.1) is 23.1 Å². The Labute approximate surface area is 117 Å². The lowest BCUT2D eigenvalue weighted by Crippen LogP contribution is -2.12. The Bertz CT molecular complexity index is 576. The van der Waals surface area contributed by atoms with Gasteiger partial charge in [0.2, 0.25) is 0 Å². The molecule has 3 rings (SSSR count). The zero-order chi connectivity index (χ0) is 12.4. The van der Waals surface area contributed by atoms with Crippen LogP contribution in [-0.2, 0) is 6.42 Å². The van der Waals surface area contributed by atoms with Crippen molar-refractivity contribution in [1.82, 2.24) is 9.97 Å². The van der Waals surface area contributed by atoms with E-state index in [1.807, 2.05) is 17.6 Å². The molecular formula is C12H11BrN4S. The molecule has 0 radical (unpaired) electrons. The van der Waals surface area contributed by atoms with Gasteiger partial charge in [-0.05, 0) is 47.3 Å². The lowest BCUT2D eigenvalue weighted by atomic mass is 10.0. The zero-order valence-electron chi connectivity index (χ0n) is 9.56. The molecule has 18 heavy (non-hydrogen) atoms. The van der Waals surface area contributed by atoms with E-state index in [9.17, 15) is 0 Å². The number of halogens is 1. The molecule has 2 heterocycles. The quantitative estimate of drug-likeness (QED) is 0.680. The van der Waals surface area contributed by atoms with Crippen LogP contribution < -0.4 is 5.43 Å². The monoisotopic (exact) mass is 322 g/mol. The number of aryl methyl sites for hydroxylation is 1. The number of nitrogens with zero attached hydrogens (tertiary/aromatic N) is 3. The molecule has 0 aromatic carbocycles. The van der Waals surface area contributed by atoms with E-state index in [0.29, 0.717) is 0 Å². The number of pyridine rings is 1. The highest BCUT2D eigenvalue weighted by Gasteiger charge is 2.18. The number of anilines is 1. The van der Waals surface area contributed by atoms with Crippen molar-refractivity contribution in [2.75, 3.05) is 5.43 Å². The molecule has 0 fully saturated rings. The van der Waals surface area contributed by atoms with E-state index in [1.54, 1.807) is 17.5 Å². The van der Waals surface area contributed by atoms with Gasteiger partial charge >= 0.3 is 0 Å². The third-order valence-corrected chi connectivity index (χ3v) is 4.14. The van der Waals surface area contributed by atoms with E-state index in [1.165, 1.54) is 4.88 Å². The van der Waals surface area contributed by atoms with Crippen molar-refractivity contribution in [2.45, 2.75) is 19.3 Å². The molecule has 0 atom stereocenters. The summed E-state index contributed by atoms with van der Waals surface area (Å²) in [5.41, 5.74) is 7.92. The number of nitrogens with one attached hydrogen (secondary N) is 1. The number of hydrogen-bond donors (Lipinski definition) is 1. The van der Waals surface area contributed by atoms with Crippen molar-refractivity contribution in [3.05, 3.63) is 39.0 Å². The van der Waals surface area contributed by atoms with Crippen LogP contribution >= 0.6 is 27.3 Å². The summed E-state index contributed by atoms with van der Waals surface area (Å²) in [6, 6.07) is 3.82. The maximum Gasteiger partial charge on any atom is 0.106 e. The van der Waals surface area contributed by atoms with Crippen LogP contribution in [0.4, 0.5) is 5.69 Å². The van der Waals surface area contributed by atoms with E-state index in [2.05, 4.69) is 36.4 Å². The lowest BCUT2D eigenvalue weighted by Gasteiger charge is -2.12. The van der Waals surface area contributed by atoms with Gasteiger partial charge in [-0.25, -0.2) is 9.97 Å². The topological polar surface area (TPSA) is 50.2 Å². The first-order valence-corrected chi connectivity index (χ1v) is 7.37. The molecule has 1 aliphatic carbocycles. The van der Waals surface area contributed by atoms with Crippen LogP contribution in [-0.4, -0.2) is 15.7 Å². The average Bonchev–Trinajstić information content (AvgIpc) is 2.87. The number of hydrazone groups is 1. The van der Waals surface area contributed by atoms with Gasteiger partial charge in [-0.3, -0.25) is 5.43 Å². The van der Waals surface area contributed by atoms with Crippen LogP contribution in [0, 0.1) is 0 Å². The molecule has 0 spiro atoms. The van der Waals surface area contributed by atoms with Crippen molar-refractivity contribution in [2.24, 2.45) is 5.10 Å². The summed E-state index contributed by atoms with van der Waals surface area (Å²) in [5.74, 6) is 0. The van der Waals surface area contributed by atoms with E-state index in [-0.39, 0.29) is 0 Å². The summed E-state index contributed by atoms with van der Waals surface area (Å²) in [5, 5.41) is 4.45. The molecule has 2 aromatic heterocycles. The van der Waals surface area contributed by atoms with Crippen LogP contribution in [0.3, 0.4) is 0 Å². The van der Waals surface area contributed by atoms with Gasteiger partial charge in [0.15, 0.2) is 0 Å². The fraction of sp³-hybridized carbons (Fsp3) is 0.250. The highest BCUT2D eigenvalue weighted by atomic mass is 79.9. The second kappa shape index (κ2) is 5.16. The molecule has 1 aliphatic rings. The zero-order valence-corrected chi connectivity index (χ0v) is 12.0. The third-order valence-electron chi connectivity index (χ3n) is 2.78. The fourth-order valence-corrected chi connectivity index (χ4v) is 2.97. The first-order chi connectivity index (χ1) is 8.83. The standard InChI is InChI=1S/C12H11BrN4S/c13-11-5-4-8(6-14-11)16-17-9-2-1-3-10-12(9)15-7-18-10/h4-7,16H,1-3H2/b17-9-. The van der Waals surface area contributed by atoms with E-state index < -0.39 is 0 Å². The third kappa shape index (κ3) is 2.44. The first kappa shape index (κ1) is 11.8. The smallest absolute Gasteiger partial charge is 0.106 e. The van der Waals surface area contributed by atoms with Crippen LogP contribution in [0.1, 0.15) is 23.4 Å². The predicted octanol–water partition coefficient (Wildman–Crippen LogP) is 3.45. The van der Waals surface area contributed by atoms with Crippen LogP contribution in [0.15, 0.2) is 33.5 Å². The molecule has 4 nitrogen and oxygen atoms in total. The lowest BCUT2D eigenvalue weighted by molar-refractivity contribution is 0.844. The Balaban J connectivity index is 1.80. The summed E-state index contributed by atoms with van der Waals surface area (Å²) in [4.78, 5) is 9.88. The minimum Gasteiger partial charge on any atom is -0.277 e. The number of thiazole rings is 1. The SMILES string of the molecule is Brc1ccc(N/N=C2/CCCc3scnc32)cn1. The Kier molecular flexibility index (Phi) is 3.38. The number of rotatable bonds is 2. The van der Waals surface area contributed by atoms with Crippen molar-refractivity contribution < 1.29 is 0 Å². The van der Waals surface area contributed by atoms with Gasteiger partial charge in [0.1, 0.15) is 10.3 Å². The van der Waals surface area contributed by atoms with Gasteiger partial charge in [0.25, 0.3) is 0 Å². The van der Waals surface area contributed by atoms with E-state index in [0.717, 1.165) is 41.0 Å². The number of fused-ring (bicyclic) bond motifs is 1. The summed E-state index contributed by atoms with van der Waals surface area (Å²) < 4.78 is 0.820. The maximum absolute atomic E-state index is 4.45. The average molecular weight is 323 g/mol. The molecule has 0 aliphatic heterocycles. The van der Waals surface area contributed by atoms with E-state index in [4.69, 9.17) is 0 Å². The fourth-order valence-electron chi connectivity index (χ4n) is 1.90. The summed E-state index contributed by atoms with van der Waals surface area (Å²) in [6.07, 6.45) is 5.00. The van der Waals surface area contributed by atoms with Crippen molar-refractivity contribution in [1.29, 1.82) is 0 Å². The summed E-state index contributed by atoms with van der Waals surface area (Å²) in [7, 11) is 0. The normalized spacial score (nSPS) is 16.6. The molecule has 1 N–H and O–H groups in total. The van der Waals surface area contributed by atoms with Crippen molar-refractivity contribution >= 4 is 38.7 Å². The summed E-state index contributed by atoms with van der Waals surface area (Å²) in [6.45, 7) is 0. The Morgan fingerprint density at radius 2 is 2.22 bits per heavy atom. The van der Waals surface area contributed by atoms with Gasteiger partial charge < -0.3 is 0 Å². The van der Waals surface area contributed by atoms with Gasteiger partial charge in [-0.2, -0.15) is 5.10 Å². The van der Waals surface area contributed by atoms with Crippen LogP contribution in [0.25, 0.3) is 0 Å². The van der Waals surface area contributed by atoms with Crippen molar-refractivity contribution in [3.8, 4) is 0 Å². The Morgan fingerprint density at radius 1 is 1.28 bits per heavy atom. The predicted molar refractivity (Wildman–Crippen MR) is 77.1 cm³/mol. The largest absolute Gasteiger partial charge is 0.277 e. The molecule has 0 unspecified atom stereocenters. The number of aromatic nitrogens is 2. The minimum atomic E-state index is 0.820. The molecule has 6 heteroatoms. The second-order valence-electron chi connectivity index (χ2n) is 4.02. The second-order valence-corrected chi connectivity index (χ2v) is 5.77. The number of hydrogen-bond acceptors (Lipinski definition) is 5. The highest BCUT2D eigenvalue weighted by Crippen LogP contribution is 2.24. The Morgan fingerprint density at radius 3 is 3.06 bits per heavy atom. The molecule has 2 aromatic rings. The summed E-state index contributed by atoms with van der Waals surface area (Å²) >= 11 is 5.02. The van der Waals surface area contributed by atoms with E-state index >= 15 is 0 Å². The Hall–Kier alpha value is -1.27. The first-order valence-electron chi connectivity index (χ1n) is 5.70. The molecule has 0 saturated heterocycles. The highest BCUT2D eigenvalue weighted by molar-refractivity contribution is 9.10. The minimum absolute atomic E-state index is 0.820. The van der Waals surface area contributed by atoms with Crippen LogP contribution in [0.2, 0.25) is 0 Å². The molecule has 0 saturated carbocycles. The molecular weight excluding hydrogens is 312 g/mol. The molecule has 92 valence electrons. The van der Waals surface area contributed by atoms with Gasteiger partial charge in [0, 0.05) is 4.88 Å². The van der Waals surface area contributed by atoms with Gasteiger partial charge in [-0.1, -0.05) is 0 Å². The maximum atomic E-state index is 4.45. The van der Waals surface area contributed by atoms with Crippen molar-refractivity contribution in [3.63, 3.8) is 0 Å². The van der Waals surface area contributed by atoms with Gasteiger partial charge in [-0.15, -0.1) is 11.3 Å².